The summed E-state index contributed by atoms with van der Waals surface area (Å²) in [4.78, 5) is 24.3. The molecule has 1 unspecified atom stereocenters. The van der Waals surface area contributed by atoms with Crippen LogP contribution in [0.15, 0.2) is 42.5 Å². The first-order valence-corrected chi connectivity index (χ1v) is 7.57. The number of benzene rings is 2. The lowest BCUT2D eigenvalue weighted by molar-refractivity contribution is -0.126. The molecule has 1 aliphatic rings. The molecule has 1 atom stereocenters. The number of ether oxygens (including phenoxy) is 1. The fourth-order valence-electron chi connectivity index (χ4n) is 2.77. The molecule has 0 aliphatic carbocycles. The lowest BCUT2D eigenvalue weighted by atomic mass is 9.89. The predicted octanol–water partition coefficient (Wildman–Crippen LogP) is 2.58. The zero-order chi connectivity index (χ0) is 17.1. The molecule has 0 radical (unpaired) electrons. The first-order valence-electron chi connectivity index (χ1n) is 7.57. The molecule has 2 N–H and O–H groups in total. The molecule has 1 heterocycles. The van der Waals surface area contributed by atoms with E-state index >= 15 is 0 Å². The van der Waals surface area contributed by atoms with Gasteiger partial charge in [0.05, 0.1) is 13.0 Å². The zero-order valence-electron chi connectivity index (χ0n) is 13.1. The van der Waals surface area contributed by atoms with Crippen molar-refractivity contribution in [2.75, 3.05) is 12.4 Å². The summed E-state index contributed by atoms with van der Waals surface area (Å²) in [5.41, 5.74) is 1.87. The minimum absolute atomic E-state index is 0.0442. The van der Waals surface area contributed by atoms with Gasteiger partial charge in [0.2, 0.25) is 11.8 Å². The molecular formula is C18H17FN2O3. The van der Waals surface area contributed by atoms with Crippen molar-refractivity contribution >= 4 is 17.5 Å². The number of hydrogen-bond acceptors (Lipinski definition) is 3. The number of nitrogens with one attached hydrogen (secondary N) is 2. The number of methoxy groups -OCH3 is 1. The molecule has 5 nitrogen and oxygen atoms in total. The maximum absolute atomic E-state index is 13.3. The molecule has 2 aromatic carbocycles. The van der Waals surface area contributed by atoms with E-state index in [-0.39, 0.29) is 18.2 Å². The van der Waals surface area contributed by atoms with Crippen molar-refractivity contribution in [3.05, 3.63) is 59.4 Å². The molecule has 2 aromatic rings. The Morgan fingerprint density at radius 2 is 2.17 bits per heavy atom. The van der Waals surface area contributed by atoms with Crippen LogP contribution >= 0.6 is 0 Å². The summed E-state index contributed by atoms with van der Waals surface area (Å²) in [5.74, 6) is -0.929. The smallest absolute Gasteiger partial charge is 0.228 e. The molecule has 1 aliphatic heterocycles. The van der Waals surface area contributed by atoms with Gasteiger partial charge in [0.1, 0.15) is 11.6 Å². The van der Waals surface area contributed by atoms with Gasteiger partial charge in [0.15, 0.2) is 0 Å². The highest BCUT2D eigenvalue weighted by molar-refractivity contribution is 6.01. The average Bonchev–Trinajstić information content (AvgIpc) is 2.58. The van der Waals surface area contributed by atoms with Gasteiger partial charge in [-0.2, -0.15) is 0 Å². The summed E-state index contributed by atoms with van der Waals surface area (Å²) >= 11 is 0. The topological polar surface area (TPSA) is 67.4 Å². The van der Waals surface area contributed by atoms with Crippen LogP contribution in [-0.4, -0.2) is 18.9 Å². The summed E-state index contributed by atoms with van der Waals surface area (Å²) in [6, 6.07) is 11.4. The van der Waals surface area contributed by atoms with E-state index in [1.165, 1.54) is 12.1 Å². The lowest BCUT2D eigenvalue weighted by Crippen LogP contribution is -2.34. The Bertz CT molecular complexity index is 792. The van der Waals surface area contributed by atoms with Crippen molar-refractivity contribution < 1.29 is 18.7 Å². The van der Waals surface area contributed by atoms with E-state index in [1.54, 1.807) is 13.2 Å². The van der Waals surface area contributed by atoms with Crippen LogP contribution in [0, 0.1) is 5.82 Å². The number of rotatable bonds is 4. The Kier molecular flexibility index (Phi) is 4.46. The number of anilines is 1. The van der Waals surface area contributed by atoms with Gasteiger partial charge in [-0.05, 0) is 35.4 Å². The molecule has 124 valence electrons. The Morgan fingerprint density at radius 3 is 2.96 bits per heavy atom. The van der Waals surface area contributed by atoms with Crippen LogP contribution in [0.3, 0.4) is 0 Å². The average molecular weight is 328 g/mol. The standard InChI is InChI=1S/C18H17FN2O3/c1-24-13-4-2-3-11(7-13)10-20-18(23)15-9-17(22)21-16-8-12(19)5-6-14(15)16/h2-8,15H,9-10H2,1H3,(H,20,23)(H,21,22). The van der Waals surface area contributed by atoms with Crippen molar-refractivity contribution in [2.45, 2.75) is 18.9 Å². The number of carbonyl (C=O) groups is 2. The monoisotopic (exact) mass is 328 g/mol. The third kappa shape index (κ3) is 3.37. The van der Waals surface area contributed by atoms with Crippen LogP contribution in [0.5, 0.6) is 5.75 Å². The molecule has 0 fully saturated rings. The fraction of sp³-hybridized carbons (Fsp3) is 0.222. The number of amides is 2. The van der Waals surface area contributed by atoms with E-state index < -0.39 is 11.7 Å². The molecule has 0 bridgehead atoms. The van der Waals surface area contributed by atoms with Crippen LogP contribution in [-0.2, 0) is 16.1 Å². The van der Waals surface area contributed by atoms with Gasteiger partial charge in [-0.15, -0.1) is 0 Å². The summed E-state index contributed by atoms with van der Waals surface area (Å²) < 4.78 is 18.5. The second-order valence-electron chi connectivity index (χ2n) is 5.61. The SMILES string of the molecule is COc1cccc(CNC(=O)C2CC(=O)Nc3cc(F)ccc32)c1. The molecule has 0 saturated heterocycles. The molecule has 2 amide bonds. The first-order chi connectivity index (χ1) is 11.6. The summed E-state index contributed by atoms with van der Waals surface area (Å²) in [6.07, 6.45) is 0.0442. The fourth-order valence-corrected chi connectivity index (χ4v) is 2.77. The van der Waals surface area contributed by atoms with Gasteiger partial charge in [0.25, 0.3) is 0 Å². The van der Waals surface area contributed by atoms with Crippen molar-refractivity contribution in [1.29, 1.82) is 0 Å². The third-order valence-electron chi connectivity index (χ3n) is 3.97. The van der Waals surface area contributed by atoms with Crippen LogP contribution in [0.4, 0.5) is 10.1 Å². The molecule has 24 heavy (non-hydrogen) atoms. The minimum atomic E-state index is -0.625. The highest BCUT2D eigenvalue weighted by Gasteiger charge is 2.30. The van der Waals surface area contributed by atoms with E-state index in [0.717, 1.165) is 5.56 Å². The molecule has 0 aromatic heterocycles. The summed E-state index contributed by atoms with van der Waals surface area (Å²) in [6.45, 7) is 0.324. The second-order valence-corrected chi connectivity index (χ2v) is 5.61. The van der Waals surface area contributed by atoms with E-state index in [0.29, 0.717) is 23.5 Å². The van der Waals surface area contributed by atoms with Gasteiger partial charge in [-0.1, -0.05) is 18.2 Å². The molecule has 6 heteroatoms. The number of hydrogen-bond donors (Lipinski definition) is 2. The highest BCUT2D eigenvalue weighted by atomic mass is 19.1. The van der Waals surface area contributed by atoms with E-state index in [1.807, 2.05) is 24.3 Å². The Labute approximate surface area is 138 Å². The van der Waals surface area contributed by atoms with Crippen LogP contribution in [0.25, 0.3) is 0 Å². The van der Waals surface area contributed by atoms with Crippen LogP contribution in [0.2, 0.25) is 0 Å². The number of fused-ring (bicyclic) bond motifs is 1. The number of halogens is 1. The quantitative estimate of drug-likeness (QED) is 0.906. The Morgan fingerprint density at radius 1 is 1.33 bits per heavy atom. The normalized spacial score (nSPS) is 16.1. The molecule has 0 saturated carbocycles. The largest absolute Gasteiger partial charge is 0.497 e. The van der Waals surface area contributed by atoms with Gasteiger partial charge < -0.3 is 15.4 Å². The predicted molar refractivity (Wildman–Crippen MR) is 87.2 cm³/mol. The summed E-state index contributed by atoms with van der Waals surface area (Å²) in [7, 11) is 1.58. The van der Waals surface area contributed by atoms with E-state index in [4.69, 9.17) is 4.74 Å². The zero-order valence-corrected chi connectivity index (χ0v) is 13.1. The highest BCUT2D eigenvalue weighted by Crippen LogP contribution is 2.32. The van der Waals surface area contributed by atoms with Crippen LogP contribution < -0.4 is 15.4 Å². The van der Waals surface area contributed by atoms with Crippen LogP contribution in [0.1, 0.15) is 23.5 Å². The molecule has 3 rings (SSSR count). The Balaban J connectivity index is 1.74. The van der Waals surface area contributed by atoms with Crippen molar-refractivity contribution in [3.8, 4) is 5.75 Å². The number of carbonyl (C=O) groups excluding carboxylic acids is 2. The Hall–Kier alpha value is -2.89. The minimum Gasteiger partial charge on any atom is -0.497 e. The van der Waals surface area contributed by atoms with Gasteiger partial charge in [-0.25, -0.2) is 4.39 Å². The van der Waals surface area contributed by atoms with Gasteiger partial charge in [0, 0.05) is 18.7 Å². The lowest BCUT2D eigenvalue weighted by Gasteiger charge is -2.25. The van der Waals surface area contributed by atoms with Crippen molar-refractivity contribution in [2.24, 2.45) is 0 Å². The third-order valence-corrected chi connectivity index (χ3v) is 3.97. The summed E-state index contributed by atoms with van der Waals surface area (Å²) in [5, 5.41) is 5.43. The first kappa shape index (κ1) is 16.0. The molecule has 0 spiro atoms. The van der Waals surface area contributed by atoms with Gasteiger partial charge >= 0.3 is 0 Å². The second kappa shape index (κ2) is 6.70. The maximum atomic E-state index is 13.3. The maximum Gasteiger partial charge on any atom is 0.228 e. The van der Waals surface area contributed by atoms with Crippen molar-refractivity contribution in [3.63, 3.8) is 0 Å². The van der Waals surface area contributed by atoms with E-state index in [2.05, 4.69) is 10.6 Å². The van der Waals surface area contributed by atoms with Gasteiger partial charge in [-0.3, -0.25) is 9.59 Å². The molecular weight excluding hydrogens is 311 g/mol. The van der Waals surface area contributed by atoms with Crippen molar-refractivity contribution in [1.82, 2.24) is 5.32 Å². The van der Waals surface area contributed by atoms with E-state index in [9.17, 15) is 14.0 Å².